The fourth-order valence-corrected chi connectivity index (χ4v) is 8.42. The normalized spacial score (nSPS) is 33.8. The highest BCUT2D eigenvalue weighted by Gasteiger charge is 2.66. The van der Waals surface area contributed by atoms with Crippen molar-refractivity contribution < 1.29 is 33.6 Å². The lowest BCUT2D eigenvalue weighted by Gasteiger charge is -2.60. The van der Waals surface area contributed by atoms with Gasteiger partial charge in [0.15, 0.2) is 11.5 Å². The zero-order chi connectivity index (χ0) is 30.2. The molecule has 3 fully saturated rings. The summed E-state index contributed by atoms with van der Waals surface area (Å²) in [4.78, 5) is 29.1. The van der Waals surface area contributed by atoms with Gasteiger partial charge >= 0.3 is 11.9 Å². The molecule has 5 aliphatic rings. The van der Waals surface area contributed by atoms with E-state index in [1.165, 1.54) is 11.1 Å². The SMILES string of the molecule is COC1CC1CN1CC[C@]23c4c5ccc(O)c4O[C@H]2[C@H](N[C@@H](CC(=O)OC(C)(C)C)C(=O)OC(C)(C)C)CC[C@H]3[C@H]1C5. The molecule has 0 amide bonds. The van der Waals surface area contributed by atoms with E-state index in [0.717, 1.165) is 45.2 Å². The van der Waals surface area contributed by atoms with Gasteiger partial charge in [0.25, 0.3) is 0 Å². The van der Waals surface area contributed by atoms with Crippen molar-refractivity contribution in [2.45, 2.75) is 127 Å². The van der Waals surface area contributed by atoms with E-state index < -0.39 is 29.2 Å². The highest BCUT2D eigenvalue weighted by atomic mass is 16.6. The molecule has 0 radical (unpaired) electrons. The second kappa shape index (κ2) is 10.4. The molecule has 2 saturated carbocycles. The van der Waals surface area contributed by atoms with Crippen molar-refractivity contribution in [1.29, 1.82) is 0 Å². The lowest BCUT2D eigenvalue weighted by molar-refractivity contribution is -0.165. The highest BCUT2D eigenvalue weighted by Crippen LogP contribution is 2.64. The summed E-state index contributed by atoms with van der Waals surface area (Å²) in [6.45, 7) is 13.0. The lowest BCUT2D eigenvalue weighted by Crippen LogP contribution is -2.69. The molecule has 42 heavy (non-hydrogen) atoms. The Balaban J connectivity index is 1.29. The number of rotatable bonds is 8. The molecule has 2 heterocycles. The smallest absolute Gasteiger partial charge is 0.324 e. The lowest BCUT2D eigenvalue weighted by atomic mass is 9.51. The first-order valence-corrected chi connectivity index (χ1v) is 15.7. The Hall–Kier alpha value is -2.36. The maximum absolute atomic E-state index is 13.5. The van der Waals surface area contributed by atoms with Crippen LogP contribution in [0.15, 0.2) is 12.1 Å². The Kier molecular flexibility index (Phi) is 7.34. The Morgan fingerprint density at radius 1 is 1.14 bits per heavy atom. The zero-order valence-electron chi connectivity index (χ0n) is 26.2. The first-order chi connectivity index (χ1) is 19.7. The number of hydrogen-bond acceptors (Lipinski definition) is 9. The third-order valence-electron chi connectivity index (χ3n) is 9.96. The molecule has 6 rings (SSSR count). The van der Waals surface area contributed by atoms with Gasteiger partial charge < -0.3 is 24.1 Å². The van der Waals surface area contributed by atoms with Crippen LogP contribution >= 0.6 is 0 Å². The molecule has 9 heteroatoms. The summed E-state index contributed by atoms with van der Waals surface area (Å²) in [6, 6.07) is 3.16. The summed E-state index contributed by atoms with van der Waals surface area (Å²) in [5.41, 5.74) is 0.809. The number of carbonyl (C=O) groups is 2. The van der Waals surface area contributed by atoms with Crippen LogP contribution in [0.1, 0.15) is 84.8 Å². The van der Waals surface area contributed by atoms with E-state index >= 15 is 0 Å². The van der Waals surface area contributed by atoms with E-state index in [9.17, 15) is 14.7 Å². The quantitative estimate of drug-likeness (QED) is 0.441. The fraction of sp³-hybridized carbons (Fsp3) is 0.758. The molecule has 1 saturated heterocycles. The Morgan fingerprint density at radius 3 is 2.55 bits per heavy atom. The minimum absolute atomic E-state index is 0.131. The number of nitrogens with one attached hydrogen (secondary N) is 1. The number of phenolic OH excluding ortho intramolecular Hbond substituents is 1. The zero-order valence-corrected chi connectivity index (χ0v) is 26.2. The van der Waals surface area contributed by atoms with Gasteiger partial charge in [-0.2, -0.15) is 0 Å². The van der Waals surface area contributed by atoms with Crippen molar-refractivity contribution in [2.24, 2.45) is 11.8 Å². The van der Waals surface area contributed by atoms with E-state index in [4.69, 9.17) is 18.9 Å². The van der Waals surface area contributed by atoms with Crippen molar-refractivity contribution in [3.05, 3.63) is 23.3 Å². The van der Waals surface area contributed by atoms with E-state index in [-0.39, 0.29) is 29.7 Å². The summed E-state index contributed by atoms with van der Waals surface area (Å²) in [6.07, 6.45) is 4.75. The molecule has 8 atom stereocenters. The molecule has 1 aromatic carbocycles. The summed E-state index contributed by atoms with van der Waals surface area (Å²) >= 11 is 0. The number of aromatic hydroxyl groups is 1. The van der Waals surface area contributed by atoms with Gasteiger partial charge in [-0.05, 0) is 97.7 Å². The maximum Gasteiger partial charge on any atom is 0.324 e. The summed E-state index contributed by atoms with van der Waals surface area (Å²) in [5, 5.41) is 14.5. The van der Waals surface area contributed by atoms with Gasteiger partial charge in [0.2, 0.25) is 0 Å². The van der Waals surface area contributed by atoms with Gasteiger partial charge in [-0.3, -0.25) is 19.8 Å². The molecule has 0 aromatic heterocycles. The molecule has 2 bridgehead atoms. The van der Waals surface area contributed by atoms with Crippen molar-refractivity contribution in [3.63, 3.8) is 0 Å². The number of phenols is 1. The van der Waals surface area contributed by atoms with Gasteiger partial charge in [0.1, 0.15) is 23.3 Å². The number of methoxy groups -OCH3 is 1. The van der Waals surface area contributed by atoms with Gasteiger partial charge in [-0.25, -0.2) is 0 Å². The number of nitrogens with zero attached hydrogens (tertiary/aromatic N) is 1. The second-order valence-electron chi connectivity index (χ2n) is 15.1. The molecule has 232 valence electrons. The maximum atomic E-state index is 13.5. The van der Waals surface area contributed by atoms with Crippen LogP contribution in [0.25, 0.3) is 0 Å². The number of hydrogen-bond donors (Lipinski definition) is 2. The average Bonchev–Trinajstić information content (AvgIpc) is 3.54. The average molecular weight is 585 g/mol. The van der Waals surface area contributed by atoms with Crippen LogP contribution in [-0.2, 0) is 35.6 Å². The van der Waals surface area contributed by atoms with Crippen LogP contribution in [0.2, 0.25) is 0 Å². The molecule has 1 spiro atoms. The first kappa shape index (κ1) is 29.7. The van der Waals surface area contributed by atoms with E-state index in [2.05, 4.69) is 16.3 Å². The van der Waals surface area contributed by atoms with Crippen molar-refractivity contribution in [1.82, 2.24) is 10.2 Å². The Bertz CT molecular complexity index is 1240. The van der Waals surface area contributed by atoms with Crippen LogP contribution in [0.4, 0.5) is 0 Å². The van der Waals surface area contributed by atoms with Gasteiger partial charge in [0, 0.05) is 42.6 Å². The molecular weight excluding hydrogens is 536 g/mol. The van der Waals surface area contributed by atoms with Gasteiger partial charge in [0.05, 0.1) is 12.5 Å². The minimum atomic E-state index is -0.877. The van der Waals surface area contributed by atoms with Gasteiger partial charge in [-0.1, -0.05) is 6.07 Å². The van der Waals surface area contributed by atoms with Crippen LogP contribution < -0.4 is 10.1 Å². The summed E-state index contributed by atoms with van der Waals surface area (Å²) in [5.74, 6) is 0.835. The summed E-state index contributed by atoms with van der Waals surface area (Å²) < 4.78 is 23.7. The van der Waals surface area contributed by atoms with E-state index in [1.807, 2.05) is 48.7 Å². The number of ether oxygens (including phenoxy) is 4. The molecule has 1 aromatic rings. The van der Waals surface area contributed by atoms with Crippen molar-refractivity contribution in [3.8, 4) is 11.5 Å². The second-order valence-corrected chi connectivity index (χ2v) is 15.1. The minimum Gasteiger partial charge on any atom is -0.504 e. The molecule has 3 aliphatic carbocycles. The molecular formula is C33H48N2O7. The third kappa shape index (κ3) is 5.30. The predicted octanol–water partition coefficient (Wildman–Crippen LogP) is 3.87. The molecule has 2 aliphatic heterocycles. The van der Waals surface area contributed by atoms with Crippen LogP contribution in [0.3, 0.4) is 0 Å². The molecule has 2 N–H and O–H groups in total. The predicted molar refractivity (Wildman–Crippen MR) is 157 cm³/mol. The number of esters is 2. The largest absolute Gasteiger partial charge is 0.504 e. The number of piperidine rings is 1. The Morgan fingerprint density at radius 2 is 1.88 bits per heavy atom. The highest BCUT2D eigenvalue weighted by molar-refractivity contribution is 5.83. The van der Waals surface area contributed by atoms with E-state index in [0.29, 0.717) is 29.7 Å². The molecule has 2 unspecified atom stereocenters. The standard InChI is InChI=1S/C33H48N2O7/c1-31(2,3)41-26(37)16-22(30(38)42-32(4,5)6)34-21-10-9-20-23-14-18-8-11-24(36)28-27(18)33(20,29(21)40-28)12-13-35(23)17-19-15-25(19)39-7/h8,11,19-23,25,29,34,36H,9-10,12-17H2,1-7H3/t19?,20-,21+,22-,23+,25?,29-,33-/m0/s1. The fourth-order valence-electron chi connectivity index (χ4n) is 8.42. The van der Waals surface area contributed by atoms with Gasteiger partial charge in [-0.15, -0.1) is 0 Å². The first-order valence-electron chi connectivity index (χ1n) is 15.7. The van der Waals surface area contributed by atoms with Crippen LogP contribution in [0, 0.1) is 11.8 Å². The van der Waals surface area contributed by atoms with E-state index in [1.54, 1.807) is 6.07 Å². The van der Waals surface area contributed by atoms with Crippen LogP contribution in [0.5, 0.6) is 11.5 Å². The topological polar surface area (TPSA) is 107 Å². The third-order valence-corrected chi connectivity index (χ3v) is 9.96. The van der Waals surface area contributed by atoms with Crippen LogP contribution in [-0.4, -0.2) is 83.7 Å². The monoisotopic (exact) mass is 584 g/mol. The number of benzene rings is 1. The van der Waals surface area contributed by atoms with Crippen molar-refractivity contribution >= 4 is 11.9 Å². The number of carbonyl (C=O) groups excluding carboxylic acids is 2. The van der Waals surface area contributed by atoms with Crippen molar-refractivity contribution in [2.75, 3.05) is 20.2 Å². The number of likely N-dealkylation sites (tertiary alicyclic amines) is 1. The Labute approximate surface area is 249 Å². The molecule has 9 nitrogen and oxygen atoms in total. The summed E-state index contributed by atoms with van der Waals surface area (Å²) in [7, 11) is 1.81.